The summed E-state index contributed by atoms with van der Waals surface area (Å²) in [4.78, 5) is 27.8. The zero-order chi connectivity index (χ0) is 26.0. The molecule has 0 radical (unpaired) electrons. The van der Waals surface area contributed by atoms with Crippen LogP contribution in [-0.2, 0) is 21.0 Å². The number of alkyl halides is 3. The highest BCUT2D eigenvalue weighted by molar-refractivity contribution is 7.92. The number of pyridine rings is 1. The Morgan fingerprint density at radius 1 is 1.09 bits per heavy atom. The largest absolute Gasteiger partial charge is 0.417 e. The van der Waals surface area contributed by atoms with Crippen LogP contribution in [0.4, 0.5) is 24.5 Å². The van der Waals surface area contributed by atoms with E-state index in [2.05, 4.69) is 21.6 Å². The summed E-state index contributed by atoms with van der Waals surface area (Å²) in [6.45, 7) is 4.94. The van der Waals surface area contributed by atoms with Crippen LogP contribution < -0.4 is 10.0 Å². The van der Waals surface area contributed by atoms with Gasteiger partial charge in [-0.1, -0.05) is 18.2 Å². The van der Waals surface area contributed by atoms with Crippen LogP contribution in [-0.4, -0.2) is 25.1 Å². The summed E-state index contributed by atoms with van der Waals surface area (Å²) in [5, 5.41) is 1.86. The van der Waals surface area contributed by atoms with E-state index in [1.54, 1.807) is 6.92 Å². The maximum Gasteiger partial charge on any atom is 0.417 e. The first-order valence-corrected chi connectivity index (χ1v) is 11.6. The Labute approximate surface area is 203 Å². The minimum atomic E-state index is -4.87. The molecule has 3 aromatic rings. The zero-order valence-corrected chi connectivity index (χ0v) is 19.6. The predicted octanol–water partition coefficient (Wildman–Crippen LogP) is 5.22. The average molecular weight is 524 g/mol. The Morgan fingerprint density at radius 2 is 1.74 bits per heavy atom. The molecule has 0 bridgehead atoms. The van der Waals surface area contributed by atoms with Gasteiger partial charge in [0.15, 0.2) is 0 Å². The number of ketones is 1. The standard InChI is InChI=1S/C23H17ClF3N3O4S/c1-3-20(31)29-15-6-4-14(5-7-15)22(32)21-19(10-13(2)12-28-21)30-35(33,34)16-8-9-18(24)17(11-16)23(25,26)27/h3-12,30H,1H2,2H3,(H,29,31). The fourth-order valence-electron chi connectivity index (χ4n) is 2.96. The number of rotatable bonds is 7. The minimum absolute atomic E-state index is 0.129. The number of hydrogen-bond donors (Lipinski definition) is 2. The van der Waals surface area contributed by atoms with Crippen LogP contribution in [0.15, 0.2) is 72.3 Å². The molecular weight excluding hydrogens is 507 g/mol. The van der Waals surface area contributed by atoms with E-state index >= 15 is 0 Å². The summed E-state index contributed by atoms with van der Waals surface area (Å²) >= 11 is 5.58. The molecule has 0 spiro atoms. The van der Waals surface area contributed by atoms with Crippen molar-refractivity contribution in [1.82, 2.24) is 4.98 Å². The number of nitrogens with zero attached hydrogens (tertiary/aromatic N) is 1. The number of sulfonamides is 1. The summed E-state index contributed by atoms with van der Waals surface area (Å²) < 4.78 is 67.5. The third-order valence-corrected chi connectivity index (χ3v) is 6.33. The van der Waals surface area contributed by atoms with E-state index in [1.165, 1.54) is 36.5 Å². The smallest absolute Gasteiger partial charge is 0.323 e. The lowest BCUT2D eigenvalue weighted by atomic mass is 10.1. The molecular formula is C23H17ClF3N3O4S. The monoisotopic (exact) mass is 523 g/mol. The van der Waals surface area contributed by atoms with Crippen molar-refractivity contribution in [3.63, 3.8) is 0 Å². The van der Waals surface area contributed by atoms with E-state index in [-0.39, 0.29) is 16.9 Å². The van der Waals surface area contributed by atoms with Crippen LogP contribution in [0.5, 0.6) is 0 Å². The van der Waals surface area contributed by atoms with Gasteiger partial charge in [-0.25, -0.2) is 8.42 Å². The first-order chi connectivity index (χ1) is 16.3. The first-order valence-electron chi connectivity index (χ1n) is 9.76. The Morgan fingerprint density at radius 3 is 2.34 bits per heavy atom. The molecule has 0 atom stereocenters. The molecule has 182 valence electrons. The van der Waals surface area contributed by atoms with E-state index in [1.807, 2.05) is 0 Å². The summed E-state index contributed by atoms with van der Waals surface area (Å²) in [5.41, 5.74) is -0.788. The molecule has 0 aliphatic carbocycles. The highest BCUT2D eigenvalue weighted by atomic mass is 35.5. The molecule has 2 N–H and O–H groups in total. The van der Waals surface area contributed by atoms with Crippen molar-refractivity contribution < 1.29 is 31.2 Å². The number of aromatic nitrogens is 1. The quantitative estimate of drug-likeness (QED) is 0.326. The Hall–Kier alpha value is -3.70. The molecule has 7 nitrogen and oxygen atoms in total. The number of amides is 1. The molecule has 0 saturated heterocycles. The normalized spacial score (nSPS) is 11.6. The van der Waals surface area contributed by atoms with Gasteiger partial charge in [0.2, 0.25) is 11.7 Å². The average Bonchev–Trinajstić information content (AvgIpc) is 2.78. The van der Waals surface area contributed by atoms with Gasteiger partial charge in [-0.15, -0.1) is 0 Å². The molecule has 0 aliphatic rings. The summed E-state index contributed by atoms with van der Waals surface area (Å²) in [7, 11) is -4.55. The number of benzene rings is 2. The van der Waals surface area contributed by atoms with Crippen LogP contribution in [0.3, 0.4) is 0 Å². The van der Waals surface area contributed by atoms with Gasteiger partial charge in [-0.05, 0) is 67.1 Å². The highest BCUT2D eigenvalue weighted by Gasteiger charge is 2.34. The van der Waals surface area contributed by atoms with Crippen molar-refractivity contribution >= 4 is 44.7 Å². The number of carbonyl (C=O) groups excluding carboxylic acids is 2. The Balaban J connectivity index is 1.96. The molecule has 1 heterocycles. The number of nitrogens with one attached hydrogen (secondary N) is 2. The summed E-state index contributed by atoms with van der Waals surface area (Å²) in [6.07, 6.45) is -2.45. The summed E-state index contributed by atoms with van der Waals surface area (Å²) in [6, 6.07) is 9.19. The van der Waals surface area contributed by atoms with E-state index in [0.29, 0.717) is 17.3 Å². The fourth-order valence-corrected chi connectivity index (χ4v) is 4.26. The topological polar surface area (TPSA) is 105 Å². The van der Waals surface area contributed by atoms with Crippen molar-refractivity contribution in [2.24, 2.45) is 0 Å². The lowest BCUT2D eigenvalue weighted by Gasteiger charge is -2.14. The second-order valence-corrected chi connectivity index (χ2v) is 9.34. The van der Waals surface area contributed by atoms with Crippen molar-refractivity contribution in [3.8, 4) is 0 Å². The third kappa shape index (κ3) is 6.06. The van der Waals surface area contributed by atoms with E-state index < -0.39 is 43.4 Å². The molecule has 3 rings (SSSR count). The maximum atomic E-state index is 13.2. The fraction of sp³-hybridized carbons (Fsp3) is 0.0870. The van der Waals surface area contributed by atoms with Gasteiger partial charge < -0.3 is 5.32 Å². The van der Waals surface area contributed by atoms with E-state index in [0.717, 1.165) is 18.2 Å². The van der Waals surface area contributed by atoms with Crippen LogP contribution >= 0.6 is 11.6 Å². The van der Waals surface area contributed by atoms with E-state index in [4.69, 9.17) is 11.6 Å². The number of aryl methyl sites for hydroxylation is 1. The number of carbonyl (C=O) groups is 2. The molecule has 2 aromatic carbocycles. The molecule has 1 aromatic heterocycles. The summed E-state index contributed by atoms with van der Waals surface area (Å²) in [5.74, 6) is -1.10. The Bertz CT molecular complexity index is 1420. The molecule has 12 heteroatoms. The van der Waals surface area contributed by atoms with Crippen LogP contribution in [0, 0.1) is 6.92 Å². The molecule has 0 aliphatic heterocycles. The van der Waals surface area contributed by atoms with Crippen molar-refractivity contribution in [3.05, 3.63) is 94.8 Å². The van der Waals surface area contributed by atoms with Gasteiger partial charge in [-0.3, -0.25) is 19.3 Å². The Kier molecular flexibility index (Phi) is 7.32. The predicted molar refractivity (Wildman–Crippen MR) is 125 cm³/mol. The maximum absolute atomic E-state index is 13.2. The molecule has 35 heavy (non-hydrogen) atoms. The van der Waals surface area contributed by atoms with Gasteiger partial charge in [0, 0.05) is 17.4 Å². The van der Waals surface area contributed by atoms with Gasteiger partial charge in [0.05, 0.1) is 21.2 Å². The second-order valence-electron chi connectivity index (χ2n) is 7.25. The molecule has 0 unspecified atom stereocenters. The number of anilines is 2. The molecule has 0 saturated carbocycles. The van der Waals surface area contributed by atoms with Crippen molar-refractivity contribution in [1.29, 1.82) is 0 Å². The second kappa shape index (κ2) is 9.88. The molecule has 0 fully saturated rings. The van der Waals surface area contributed by atoms with Gasteiger partial charge in [0.1, 0.15) is 5.69 Å². The van der Waals surface area contributed by atoms with Gasteiger partial charge >= 0.3 is 6.18 Å². The van der Waals surface area contributed by atoms with Crippen LogP contribution in [0.25, 0.3) is 0 Å². The lowest BCUT2D eigenvalue weighted by molar-refractivity contribution is -0.137. The third-order valence-electron chi connectivity index (χ3n) is 4.64. The SMILES string of the molecule is C=CC(=O)Nc1ccc(C(=O)c2ncc(C)cc2NS(=O)(=O)c2ccc(Cl)c(C(F)(F)F)c2)cc1. The van der Waals surface area contributed by atoms with Crippen molar-refractivity contribution in [2.75, 3.05) is 10.0 Å². The van der Waals surface area contributed by atoms with Crippen LogP contribution in [0.1, 0.15) is 27.2 Å². The molecule has 1 amide bonds. The highest BCUT2D eigenvalue weighted by Crippen LogP contribution is 2.36. The van der Waals surface area contributed by atoms with Crippen LogP contribution in [0.2, 0.25) is 5.02 Å². The van der Waals surface area contributed by atoms with Gasteiger partial charge in [-0.2, -0.15) is 13.2 Å². The zero-order valence-electron chi connectivity index (χ0n) is 18.0. The minimum Gasteiger partial charge on any atom is -0.323 e. The van der Waals surface area contributed by atoms with E-state index in [9.17, 15) is 31.2 Å². The first kappa shape index (κ1) is 25.9. The lowest BCUT2D eigenvalue weighted by Crippen LogP contribution is -2.18. The van der Waals surface area contributed by atoms with Crippen molar-refractivity contribution in [2.45, 2.75) is 18.0 Å². The van der Waals surface area contributed by atoms with Gasteiger partial charge in [0.25, 0.3) is 10.0 Å². The number of halogens is 4. The number of hydrogen-bond acceptors (Lipinski definition) is 5.